The van der Waals surface area contributed by atoms with Crippen LogP contribution in [0.1, 0.15) is 0 Å². The molecule has 2 nitrogen and oxygen atoms in total. The zero-order valence-electron chi connectivity index (χ0n) is 5.43. The average molecular weight is 127 g/mol. The average Bonchev–Trinajstić information content (AvgIpc) is 1.97. The third-order valence-corrected chi connectivity index (χ3v) is 0.167. The number of carbonyl (C=O) groups is 1. The lowest BCUT2D eigenvalue weighted by Gasteiger charge is -1.81. The van der Waals surface area contributed by atoms with Gasteiger partial charge in [-0.15, -0.1) is 26.3 Å². The predicted molar refractivity (Wildman–Crippen MR) is 37.7 cm³/mol. The van der Waals surface area contributed by atoms with E-state index >= 15 is 0 Å². The first-order valence-electron chi connectivity index (χ1n) is 2.11. The first kappa shape index (κ1) is 15.6. The Morgan fingerprint density at radius 1 is 1.22 bits per heavy atom. The summed E-state index contributed by atoms with van der Waals surface area (Å²) in [5.41, 5.74) is 0. The van der Waals surface area contributed by atoms with Gasteiger partial charge >= 0.3 is 0 Å². The van der Waals surface area contributed by atoms with Crippen molar-refractivity contribution < 1.29 is 9.90 Å². The van der Waals surface area contributed by atoms with Crippen molar-refractivity contribution >= 4 is 5.97 Å². The van der Waals surface area contributed by atoms with Crippen LogP contribution in [0.2, 0.25) is 0 Å². The number of hydrogen-bond acceptors (Lipinski definition) is 2. The van der Waals surface area contributed by atoms with Gasteiger partial charge in [0.15, 0.2) is 0 Å². The molecule has 0 amide bonds. The lowest BCUT2D eigenvalue weighted by Crippen LogP contribution is -2.17. The Balaban J connectivity index is -0.0000000771. The highest BCUT2D eigenvalue weighted by Gasteiger charge is 1.55. The van der Waals surface area contributed by atoms with E-state index in [1.165, 1.54) is 0 Å². The third-order valence-electron chi connectivity index (χ3n) is 0.167. The van der Waals surface area contributed by atoms with Crippen LogP contribution in [0.3, 0.4) is 0 Å². The summed E-state index contributed by atoms with van der Waals surface area (Å²) >= 11 is 0. The molecule has 0 heterocycles. The molecular weight excluding hydrogens is 116 g/mol. The minimum atomic E-state index is -1.23. The van der Waals surface area contributed by atoms with Crippen LogP contribution in [-0.2, 0) is 4.79 Å². The van der Waals surface area contributed by atoms with Crippen LogP contribution in [0.5, 0.6) is 0 Å². The maximum Gasteiger partial charge on any atom is 0.0636 e. The van der Waals surface area contributed by atoms with E-state index in [0.717, 1.165) is 6.08 Å². The maximum absolute atomic E-state index is 9.14. The van der Waals surface area contributed by atoms with Crippen molar-refractivity contribution in [3.63, 3.8) is 0 Å². The highest BCUT2D eigenvalue weighted by Crippen LogP contribution is 1.47. The summed E-state index contributed by atoms with van der Waals surface area (Å²) in [7, 11) is 0. The summed E-state index contributed by atoms with van der Waals surface area (Å²) in [5.74, 6) is -1.23. The van der Waals surface area contributed by atoms with E-state index in [9.17, 15) is 0 Å². The molecule has 0 bridgehead atoms. The van der Waals surface area contributed by atoms with Gasteiger partial charge < -0.3 is 9.90 Å². The second kappa shape index (κ2) is 29.9. The van der Waals surface area contributed by atoms with E-state index < -0.39 is 5.97 Å². The van der Waals surface area contributed by atoms with Crippen LogP contribution < -0.4 is 5.11 Å². The predicted octanol–water partition coefficient (Wildman–Crippen LogP) is 0.527. The topological polar surface area (TPSA) is 40.1 Å². The molecule has 0 aliphatic carbocycles. The SMILES string of the molecule is C=C.C=C.C=CC(=O)[O-]. The van der Waals surface area contributed by atoms with Gasteiger partial charge in [-0.25, -0.2) is 0 Å². The number of carbonyl (C=O) groups excluding carboxylic acids is 1. The number of carboxylic acid groups (broad SMARTS) is 1. The summed E-state index contributed by atoms with van der Waals surface area (Å²) in [6.07, 6.45) is 0.722. The Labute approximate surface area is 55.8 Å². The van der Waals surface area contributed by atoms with Crippen molar-refractivity contribution in [1.29, 1.82) is 0 Å². The van der Waals surface area contributed by atoms with Crippen LogP contribution in [0.4, 0.5) is 0 Å². The largest absolute Gasteiger partial charge is 0.545 e. The van der Waals surface area contributed by atoms with Crippen molar-refractivity contribution in [2.45, 2.75) is 0 Å². The van der Waals surface area contributed by atoms with Crippen molar-refractivity contribution in [3.8, 4) is 0 Å². The molecule has 0 aromatic rings. The molecule has 0 saturated carbocycles. The maximum atomic E-state index is 9.14. The number of rotatable bonds is 1. The highest BCUT2D eigenvalue weighted by molar-refractivity contribution is 5.76. The molecule has 0 rings (SSSR count). The Kier molecular flexibility index (Phi) is 52.0. The molecule has 0 fully saturated rings. The molecule has 0 unspecified atom stereocenters. The Morgan fingerprint density at radius 3 is 1.33 bits per heavy atom. The molecule has 0 spiro atoms. The lowest BCUT2D eigenvalue weighted by atomic mass is 10.7. The smallest absolute Gasteiger partial charge is 0.0636 e. The molecule has 0 aromatic carbocycles. The van der Waals surface area contributed by atoms with Crippen LogP contribution in [-0.4, -0.2) is 5.97 Å². The van der Waals surface area contributed by atoms with E-state index in [0.29, 0.717) is 0 Å². The van der Waals surface area contributed by atoms with E-state index in [-0.39, 0.29) is 0 Å². The molecule has 52 valence electrons. The Bertz CT molecular complexity index is 75.0. The number of carboxylic acids is 1. The summed E-state index contributed by atoms with van der Waals surface area (Å²) in [6.45, 7) is 14.9. The minimum absolute atomic E-state index is 0.722. The zero-order valence-corrected chi connectivity index (χ0v) is 5.43. The molecule has 0 aliphatic rings. The number of hydrogen-bond donors (Lipinski definition) is 0. The summed E-state index contributed by atoms with van der Waals surface area (Å²) in [6, 6.07) is 0. The van der Waals surface area contributed by atoms with Gasteiger partial charge in [-0.1, -0.05) is 6.58 Å². The van der Waals surface area contributed by atoms with E-state index in [1.807, 2.05) is 0 Å². The zero-order chi connectivity index (χ0) is 8.28. The summed E-state index contributed by atoms with van der Waals surface area (Å²) in [4.78, 5) is 9.14. The van der Waals surface area contributed by atoms with E-state index in [4.69, 9.17) is 9.90 Å². The highest BCUT2D eigenvalue weighted by atomic mass is 16.4. The van der Waals surface area contributed by atoms with Crippen LogP contribution in [0.25, 0.3) is 0 Å². The molecule has 0 radical (unpaired) electrons. The molecule has 0 atom stereocenters. The van der Waals surface area contributed by atoms with Crippen LogP contribution in [0, 0.1) is 0 Å². The van der Waals surface area contributed by atoms with Crippen molar-refractivity contribution in [1.82, 2.24) is 0 Å². The van der Waals surface area contributed by atoms with Gasteiger partial charge in [-0.2, -0.15) is 0 Å². The molecule has 0 aliphatic heterocycles. The standard InChI is InChI=1S/C3H4O2.2C2H4/c1-2-3(4)5;2*1-2/h2H,1H2,(H,4,5);2*1-2H2/p-1. The second-order valence-corrected chi connectivity index (χ2v) is 0.523. The van der Waals surface area contributed by atoms with Gasteiger partial charge in [0.2, 0.25) is 0 Å². The van der Waals surface area contributed by atoms with Crippen molar-refractivity contribution in [3.05, 3.63) is 39.0 Å². The Morgan fingerprint density at radius 2 is 1.33 bits per heavy atom. The van der Waals surface area contributed by atoms with Gasteiger partial charge in [0.05, 0.1) is 5.97 Å². The molecule has 0 aromatic heterocycles. The normalized spacial score (nSPS) is 4.44. The van der Waals surface area contributed by atoms with Gasteiger partial charge in [0.1, 0.15) is 0 Å². The van der Waals surface area contributed by atoms with Gasteiger partial charge in [0.25, 0.3) is 0 Å². The molecule has 0 saturated heterocycles. The fraction of sp³-hybridized carbons (Fsp3) is 0. The molecule has 9 heavy (non-hydrogen) atoms. The van der Waals surface area contributed by atoms with E-state index in [2.05, 4.69) is 32.9 Å². The molecule has 2 heteroatoms. The first-order chi connectivity index (χ1) is 4.27. The molecular formula is C7H11O2-. The van der Waals surface area contributed by atoms with Crippen LogP contribution >= 0.6 is 0 Å². The fourth-order valence-electron chi connectivity index (χ4n) is 0. The van der Waals surface area contributed by atoms with Crippen molar-refractivity contribution in [2.24, 2.45) is 0 Å². The summed E-state index contributed by atoms with van der Waals surface area (Å²) in [5, 5.41) is 9.14. The second-order valence-electron chi connectivity index (χ2n) is 0.523. The quantitative estimate of drug-likeness (QED) is 0.380. The first-order valence-corrected chi connectivity index (χ1v) is 2.11. The van der Waals surface area contributed by atoms with Gasteiger partial charge in [-0.05, 0) is 6.08 Å². The lowest BCUT2D eigenvalue weighted by molar-refractivity contribution is -0.297. The van der Waals surface area contributed by atoms with Gasteiger partial charge in [0, 0.05) is 0 Å². The minimum Gasteiger partial charge on any atom is -0.545 e. The monoisotopic (exact) mass is 127 g/mol. The van der Waals surface area contributed by atoms with Crippen LogP contribution in [0.15, 0.2) is 39.0 Å². The van der Waals surface area contributed by atoms with Crippen molar-refractivity contribution in [2.75, 3.05) is 0 Å². The summed E-state index contributed by atoms with van der Waals surface area (Å²) < 4.78 is 0. The molecule has 0 N–H and O–H groups in total. The fourth-order valence-corrected chi connectivity index (χ4v) is 0. The van der Waals surface area contributed by atoms with E-state index in [1.54, 1.807) is 0 Å². The van der Waals surface area contributed by atoms with Gasteiger partial charge in [-0.3, -0.25) is 0 Å². The number of aliphatic carboxylic acids is 1. The third kappa shape index (κ3) is 309. The Hall–Kier alpha value is -1.31.